The molecule has 0 aliphatic rings. The van der Waals surface area contributed by atoms with E-state index in [0.717, 1.165) is 6.26 Å². The molecule has 1 aromatic rings. The van der Waals surface area contributed by atoms with E-state index < -0.39 is 13.8 Å². The molecule has 0 N–H and O–H groups in total. The Labute approximate surface area is 84.6 Å². The van der Waals surface area contributed by atoms with E-state index in [4.69, 9.17) is 0 Å². The zero-order chi connectivity index (χ0) is 10.8. The summed E-state index contributed by atoms with van der Waals surface area (Å²) < 4.78 is 21.7. The van der Waals surface area contributed by atoms with Crippen LogP contribution in [-0.4, -0.2) is 19.6 Å². The smallest absolute Gasteiger partial charge is 0.258 e. The van der Waals surface area contributed by atoms with Crippen LogP contribution in [0, 0.1) is 10.1 Å². The SMILES string of the molecule is CS(=O)(=O)Sc1ccc([N+](=O)[O-])cc1. The normalized spacial score (nSPS) is 11.2. The second-order valence-corrected chi connectivity index (χ2v) is 6.90. The molecule has 0 amide bonds. The molecule has 0 heterocycles. The van der Waals surface area contributed by atoms with Crippen molar-refractivity contribution >= 4 is 25.4 Å². The molecule has 0 bridgehead atoms. The maximum absolute atomic E-state index is 10.8. The summed E-state index contributed by atoms with van der Waals surface area (Å²) >= 11 is 0. The number of hydrogen-bond donors (Lipinski definition) is 0. The monoisotopic (exact) mass is 233 g/mol. The van der Waals surface area contributed by atoms with Crippen LogP contribution in [0.25, 0.3) is 0 Å². The minimum absolute atomic E-state index is 0.0529. The predicted molar refractivity (Wildman–Crippen MR) is 53.8 cm³/mol. The van der Waals surface area contributed by atoms with E-state index >= 15 is 0 Å². The molecule has 1 aromatic carbocycles. The summed E-state index contributed by atoms with van der Waals surface area (Å²) in [4.78, 5) is 10.2. The molecule has 0 aromatic heterocycles. The second kappa shape index (κ2) is 3.97. The Kier molecular flexibility index (Phi) is 3.12. The Bertz CT molecular complexity index is 437. The van der Waals surface area contributed by atoms with E-state index in [1.807, 2.05) is 0 Å². The van der Waals surface area contributed by atoms with Crippen molar-refractivity contribution in [1.82, 2.24) is 0 Å². The molecule has 5 nitrogen and oxygen atoms in total. The largest absolute Gasteiger partial charge is 0.269 e. The molecule has 0 radical (unpaired) electrons. The average Bonchev–Trinajstić information content (AvgIpc) is 2.02. The van der Waals surface area contributed by atoms with Crippen LogP contribution in [0.5, 0.6) is 0 Å². The van der Waals surface area contributed by atoms with E-state index in [-0.39, 0.29) is 5.69 Å². The highest BCUT2D eigenvalue weighted by Crippen LogP contribution is 2.25. The van der Waals surface area contributed by atoms with Crippen molar-refractivity contribution in [1.29, 1.82) is 0 Å². The third-order valence-corrected chi connectivity index (χ3v) is 3.55. The molecule has 76 valence electrons. The Hall–Kier alpha value is -1.08. The molecule has 0 unspecified atom stereocenters. The summed E-state index contributed by atoms with van der Waals surface area (Å²) in [5, 5.41) is 10.3. The van der Waals surface area contributed by atoms with Crippen molar-refractivity contribution in [2.75, 3.05) is 6.26 Å². The third-order valence-electron chi connectivity index (χ3n) is 1.30. The number of nitro benzene ring substituents is 1. The van der Waals surface area contributed by atoms with Gasteiger partial charge in [-0.25, -0.2) is 8.42 Å². The van der Waals surface area contributed by atoms with Crippen LogP contribution < -0.4 is 0 Å². The number of benzene rings is 1. The van der Waals surface area contributed by atoms with Gasteiger partial charge < -0.3 is 0 Å². The van der Waals surface area contributed by atoms with Crippen molar-refractivity contribution in [2.24, 2.45) is 0 Å². The number of rotatable bonds is 3. The molecule has 0 saturated carbocycles. The van der Waals surface area contributed by atoms with Crippen LogP contribution in [0.2, 0.25) is 0 Å². The number of nitro groups is 1. The Morgan fingerprint density at radius 3 is 2.14 bits per heavy atom. The maximum Gasteiger partial charge on any atom is 0.269 e. The van der Waals surface area contributed by atoms with E-state index in [1.54, 1.807) is 0 Å². The van der Waals surface area contributed by atoms with Gasteiger partial charge in [0.25, 0.3) is 5.69 Å². The molecule has 7 heteroatoms. The van der Waals surface area contributed by atoms with E-state index in [2.05, 4.69) is 0 Å². The lowest BCUT2D eigenvalue weighted by Gasteiger charge is -1.97. The molecular weight excluding hydrogens is 226 g/mol. The molecule has 0 aliphatic carbocycles. The lowest BCUT2D eigenvalue weighted by atomic mass is 10.3. The van der Waals surface area contributed by atoms with Crippen molar-refractivity contribution in [3.05, 3.63) is 34.4 Å². The van der Waals surface area contributed by atoms with Crippen molar-refractivity contribution in [3.8, 4) is 0 Å². The summed E-state index contributed by atoms with van der Waals surface area (Å²) in [5.74, 6) is 0. The fourth-order valence-electron chi connectivity index (χ4n) is 0.798. The Balaban J connectivity index is 2.90. The topological polar surface area (TPSA) is 77.3 Å². The van der Waals surface area contributed by atoms with Gasteiger partial charge in [-0.05, 0) is 12.1 Å². The Morgan fingerprint density at radius 1 is 1.29 bits per heavy atom. The molecule has 0 spiro atoms. The van der Waals surface area contributed by atoms with Gasteiger partial charge in [0.1, 0.15) is 0 Å². The summed E-state index contributed by atoms with van der Waals surface area (Å²) in [6.07, 6.45) is 1.08. The van der Waals surface area contributed by atoms with Crippen molar-refractivity contribution < 1.29 is 13.3 Å². The van der Waals surface area contributed by atoms with Gasteiger partial charge in [0.2, 0.25) is 8.87 Å². The van der Waals surface area contributed by atoms with E-state index in [1.165, 1.54) is 24.3 Å². The van der Waals surface area contributed by atoms with Crippen molar-refractivity contribution in [2.45, 2.75) is 4.90 Å². The van der Waals surface area contributed by atoms with Crippen molar-refractivity contribution in [3.63, 3.8) is 0 Å². The van der Waals surface area contributed by atoms with E-state index in [9.17, 15) is 18.5 Å². The van der Waals surface area contributed by atoms with Crippen LogP contribution in [0.4, 0.5) is 5.69 Å². The lowest BCUT2D eigenvalue weighted by molar-refractivity contribution is -0.384. The van der Waals surface area contributed by atoms with Gasteiger partial charge in [0.15, 0.2) is 0 Å². The number of nitrogens with zero attached hydrogens (tertiary/aromatic N) is 1. The highest BCUT2D eigenvalue weighted by atomic mass is 33.1. The van der Waals surface area contributed by atoms with Crippen LogP contribution in [0.3, 0.4) is 0 Å². The molecule has 14 heavy (non-hydrogen) atoms. The zero-order valence-electron chi connectivity index (χ0n) is 7.21. The van der Waals surface area contributed by atoms with Crippen LogP contribution in [0.1, 0.15) is 0 Å². The fourth-order valence-corrected chi connectivity index (χ4v) is 2.78. The quantitative estimate of drug-likeness (QED) is 0.450. The highest BCUT2D eigenvalue weighted by molar-refractivity contribution is 8.71. The van der Waals surface area contributed by atoms with Gasteiger partial charge in [0.05, 0.1) is 4.92 Å². The first-order chi connectivity index (χ1) is 6.38. The highest BCUT2D eigenvalue weighted by Gasteiger charge is 2.08. The van der Waals surface area contributed by atoms with E-state index in [0.29, 0.717) is 15.7 Å². The van der Waals surface area contributed by atoms with Gasteiger partial charge in [-0.1, -0.05) is 0 Å². The van der Waals surface area contributed by atoms with Gasteiger partial charge in [-0.15, -0.1) is 0 Å². The summed E-state index contributed by atoms with van der Waals surface area (Å²) in [6.45, 7) is 0. The average molecular weight is 233 g/mol. The molecule has 0 aliphatic heterocycles. The van der Waals surface area contributed by atoms with Gasteiger partial charge in [-0.3, -0.25) is 10.1 Å². The maximum atomic E-state index is 10.8. The Morgan fingerprint density at radius 2 is 1.79 bits per heavy atom. The zero-order valence-corrected chi connectivity index (χ0v) is 8.84. The van der Waals surface area contributed by atoms with Gasteiger partial charge >= 0.3 is 0 Å². The second-order valence-electron chi connectivity index (χ2n) is 2.54. The van der Waals surface area contributed by atoms with Crippen LogP contribution in [-0.2, 0) is 8.87 Å². The van der Waals surface area contributed by atoms with Crippen LogP contribution in [0.15, 0.2) is 29.2 Å². The van der Waals surface area contributed by atoms with Gasteiger partial charge in [0, 0.05) is 34.1 Å². The predicted octanol–water partition coefficient (Wildman–Crippen LogP) is 1.65. The summed E-state index contributed by atoms with van der Waals surface area (Å²) in [5.41, 5.74) is -0.0529. The fraction of sp³-hybridized carbons (Fsp3) is 0.143. The first-order valence-corrected chi connectivity index (χ1v) is 6.75. The minimum Gasteiger partial charge on any atom is -0.258 e. The molecule has 1 rings (SSSR count). The van der Waals surface area contributed by atoms with Gasteiger partial charge in [-0.2, -0.15) is 0 Å². The molecule has 0 saturated heterocycles. The number of hydrogen-bond acceptors (Lipinski definition) is 5. The molecular formula is C7H7NO4S2. The third kappa shape index (κ3) is 3.35. The van der Waals surface area contributed by atoms with Crippen LogP contribution >= 0.6 is 10.8 Å². The molecule has 0 atom stereocenters. The lowest BCUT2D eigenvalue weighted by Crippen LogP contribution is -1.89. The molecule has 0 fully saturated rings. The number of non-ortho nitro benzene ring substituents is 1. The summed E-state index contributed by atoms with van der Waals surface area (Å²) in [7, 11) is -2.49. The minimum atomic E-state index is -3.16. The first kappa shape index (κ1) is 11.0. The standard InChI is InChI=1S/C7H7NO4S2/c1-14(11,12)13-7-4-2-6(3-5-7)8(9)10/h2-5H,1H3. The summed E-state index contributed by atoms with van der Waals surface area (Å²) in [6, 6.07) is 5.36. The first-order valence-electron chi connectivity index (χ1n) is 3.52.